The first kappa shape index (κ1) is 14.1. The van der Waals surface area contributed by atoms with Crippen LogP contribution in [0.5, 0.6) is 0 Å². The molecule has 0 spiro atoms. The number of carbonyl (C=O) groups excluding carboxylic acids is 1. The van der Waals surface area contributed by atoms with E-state index in [2.05, 4.69) is 10.5 Å². The number of urea groups is 1. The van der Waals surface area contributed by atoms with E-state index >= 15 is 0 Å². The smallest absolute Gasteiger partial charge is 0.321 e. The lowest BCUT2D eigenvalue weighted by molar-refractivity contribution is 0.223. The number of rotatable bonds is 4. The maximum Gasteiger partial charge on any atom is 0.321 e. The number of benzene rings is 1. The number of oxime groups is 1. The Labute approximate surface area is 110 Å². The third-order valence-corrected chi connectivity index (χ3v) is 2.62. The van der Waals surface area contributed by atoms with Crippen LogP contribution in [0.2, 0.25) is 5.02 Å². The average Bonchev–Trinajstić information content (AvgIpc) is 2.38. The van der Waals surface area contributed by atoms with Crippen molar-refractivity contribution >= 4 is 29.2 Å². The Morgan fingerprint density at radius 2 is 2.22 bits per heavy atom. The van der Waals surface area contributed by atoms with Crippen molar-refractivity contribution in [3.05, 3.63) is 29.3 Å². The normalized spacial score (nSPS) is 11.1. The molecule has 0 aliphatic rings. The fourth-order valence-corrected chi connectivity index (χ4v) is 1.39. The second-order valence-corrected chi connectivity index (χ2v) is 4.08. The highest BCUT2D eigenvalue weighted by molar-refractivity contribution is 6.33. The Bertz CT molecular complexity index is 450. The number of para-hydroxylation sites is 1. The minimum atomic E-state index is -0.311. The summed E-state index contributed by atoms with van der Waals surface area (Å²) in [5.41, 5.74) is 5.86. The number of hydrogen-bond donors (Lipinski definition) is 3. The zero-order valence-corrected chi connectivity index (χ0v) is 10.7. The van der Waals surface area contributed by atoms with Gasteiger partial charge in [0.1, 0.15) is 5.84 Å². The molecule has 4 N–H and O–H groups in total. The van der Waals surface area contributed by atoms with Crippen LogP contribution < -0.4 is 11.1 Å². The molecule has 0 aromatic heterocycles. The maximum atomic E-state index is 11.8. The summed E-state index contributed by atoms with van der Waals surface area (Å²) in [5.74, 6) is 0.0763. The summed E-state index contributed by atoms with van der Waals surface area (Å²) < 4.78 is 0. The molecule has 18 heavy (non-hydrogen) atoms. The molecule has 0 saturated carbocycles. The fourth-order valence-electron chi connectivity index (χ4n) is 1.21. The van der Waals surface area contributed by atoms with E-state index in [1.165, 1.54) is 4.90 Å². The molecule has 1 rings (SSSR count). The molecule has 1 aromatic carbocycles. The Balaban J connectivity index is 2.53. The van der Waals surface area contributed by atoms with E-state index in [4.69, 9.17) is 22.5 Å². The lowest BCUT2D eigenvalue weighted by Crippen LogP contribution is -2.34. The highest BCUT2D eigenvalue weighted by atomic mass is 35.5. The standard InChI is InChI=1S/C11H15ClN4O2/c1-16(7-6-10(13)15-18)11(17)14-9-5-3-2-4-8(9)12/h2-5,18H,6-7H2,1H3,(H2,13,15)(H,14,17). The van der Waals surface area contributed by atoms with Gasteiger partial charge in [-0.15, -0.1) is 0 Å². The number of nitrogens with one attached hydrogen (secondary N) is 1. The van der Waals surface area contributed by atoms with E-state index < -0.39 is 0 Å². The van der Waals surface area contributed by atoms with Crippen LogP contribution >= 0.6 is 11.6 Å². The van der Waals surface area contributed by atoms with Gasteiger partial charge in [-0.25, -0.2) is 4.79 Å². The molecule has 0 aliphatic heterocycles. The first-order valence-electron chi connectivity index (χ1n) is 5.27. The molecule has 0 radical (unpaired) electrons. The van der Waals surface area contributed by atoms with Gasteiger partial charge in [0.05, 0.1) is 10.7 Å². The summed E-state index contributed by atoms with van der Waals surface area (Å²) in [5, 5.41) is 14.3. The molecule has 7 heteroatoms. The van der Waals surface area contributed by atoms with Gasteiger partial charge >= 0.3 is 6.03 Å². The van der Waals surface area contributed by atoms with Gasteiger partial charge in [0.2, 0.25) is 0 Å². The molecule has 6 nitrogen and oxygen atoms in total. The molecular formula is C11H15ClN4O2. The van der Waals surface area contributed by atoms with Crippen molar-refractivity contribution in [2.75, 3.05) is 18.9 Å². The molecule has 0 atom stereocenters. The van der Waals surface area contributed by atoms with Crippen molar-refractivity contribution in [2.45, 2.75) is 6.42 Å². The van der Waals surface area contributed by atoms with Crippen molar-refractivity contribution in [1.82, 2.24) is 4.90 Å². The molecular weight excluding hydrogens is 256 g/mol. The van der Waals surface area contributed by atoms with Gasteiger partial charge in [-0.05, 0) is 12.1 Å². The molecule has 0 saturated heterocycles. The Morgan fingerprint density at radius 1 is 1.56 bits per heavy atom. The van der Waals surface area contributed by atoms with Gasteiger partial charge in [-0.2, -0.15) is 0 Å². The van der Waals surface area contributed by atoms with Crippen LogP contribution in [0.25, 0.3) is 0 Å². The van der Waals surface area contributed by atoms with Gasteiger partial charge in [0.25, 0.3) is 0 Å². The minimum absolute atomic E-state index is 0.0763. The SMILES string of the molecule is CN(CC/C(N)=N/O)C(=O)Nc1ccccc1Cl. The Kier molecular flexibility index (Phi) is 5.26. The number of nitrogens with two attached hydrogens (primary N) is 1. The number of anilines is 1. The molecule has 98 valence electrons. The first-order chi connectivity index (χ1) is 8.54. The first-order valence-corrected chi connectivity index (χ1v) is 5.65. The quantitative estimate of drug-likeness (QED) is 0.338. The number of amidine groups is 1. The summed E-state index contributed by atoms with van der Waals surface area (Å²) in [6.07, 6.45) is 0.295. The second kappa shape index (κ2) is 6.70. The van der Waals surface area contributed by atoms with Crippen molar-refractivity contribution in [3.8, 4) is 0 Å². The largest absolute Gasteiger partial charge is 0.409 e. The van der Waals surface area contributed by atoms with Crippen LogP contribution in [0.15, 0.2) is 29.4 Å². The van der Waals surface area contributed by atoms with Crippen molar-refractivity contribution < 1.29 is 10.0 Å². The molecule has 0 aliphatic carbocycles. The van der Waals surface area contributed by atoms with Crippen molar-refractivity contribution in [2.24, 2.45) is 10.9 Å². The molecule has 0 heterocycles. The third-order valence-electron chi connectivity index (χ3n) is 2.29. The second-order valence-electron chi connectivity index (χ2n) is 3.67. The van der Waals surface area contributed by atoms with E-state index in [1.54, 1.807) is 31.3 Å². The summed E-state index contributed by atoms with van der Waals surface area (Å²) in [4.78, 5) is 13.2. The monoisotopic (exact) mass is 270 g/mol. The lowest BCUT2D eigenvalue weighted by atomic mass is 10.3. The van der Waals surface area contributed by atoms with Crippen LogP contribution in [0.3, 0.4) is 0 Å². The van der Waals surface area contributed by atoms with Crippen LogP contribution in [0.1, 0.15) is 6.42 Å². The summed E-state index contributed by atoms with van der Waals surface area (Å²) >= 11 is 5.92. The van der Waals surface area contributed by atoms with Crippen LogP contribution in [0, 0.1) is 0 Å². The lowest BCUT2D eigenvalue weighted by Gasteiger charge is -2.17. The topological polar surface area (TPSA) is 90.9 Å². The average molecular weight is 271 g/mol. The zero-order chi connectivity index (χ0) is 13.5. The molecule has 1 aromatic rings. The van der Waals surface area contributed by atoms with E-state index in [1.807, 2.05) is 0 Å². The molecule has 0 fully saturated rings. The zero-order valence-electron chi connectivity index (χ0n) is 9.93. The van der Waals surface area contributed by atoms with Gasteiger partial charge < -0.3 is 21.2 Å². The van der Waals surface area contributed by atoms with Gasteiger partial charge in [-0.1, -0.05) is 28.9 Å². The Morgan fingerprint density at radius 3 is 2.83 bits per heavy atom. The number of halogens is 1. The molecule has 0 unspecified atom stereocenters. The van der Waals surface area contributed by atoms with E-state index in [9.17, 15) is 4.79 Å². The third kappa shape index (κ3) is 4.14. The highest BCUT2D eigenvalue weighted by Crippen LogP contribution is 2.20. The van der Waals surface area contributed by atoms with Gasteiger partial charge in [0.15, 0.2) is 0 Å². The molecule has 0 bridgehead atoms. The number of carbonyl (C=O) groups is 1. The number of amides is 2. The molecule has 2 amide bonds. The van der Waals surface area contributed by atoms with Crippen molar-refractivity contribution in [3.63, 3.8) is 0 Å². The van der Waals surface area contributed by atoms with Crippen LogP contribution in [0.4, 0.5) is 10.5 Å². The predicted molar refractivity (Wildman–Crippen MR) is 71.1 cm³/mol. The Hall–Kier alpha value is -1.95. The van der Waals surface area contributed by atoms with Gasteiger partial charge in [-0.3, -0.25) is 0 Å². The minimum Gasteiger partial charge on any atom is -0.409 e. The number of nitrogens with zero attached hydrogens (tertiary/aromatic N) is 2. The van der Waals surface area contributed by atoms with E-state index in [0.29, 0.717) is 23.7 Å². The van der Waals surface area contributed by atoms with Crippen LogP contribution in [-0.4, -0.2) is 35.6 Å². The summed E-state index contributed by atoms with van der Waals surface area (Å²) in [7, 11) is 1.61. The fraction of sp³-hybridized carbons (Fsp3) is 0.273. The van der Waals surface area contributed by atoms with Crippen LogP contribution in [-0.2, 0) is 0 Å². The van der Waals surface area contributed by atoms with Gasteiger partial charge in [0, 0.05) is 20.0 Å². The van der Waals surface area contributed by atoms with E-state index in [-0.39, 0.29) is 11.9 Å². The maximum absolute atomic E-state index is 11.8. The highest BCUT2D eigenvalue weighted by Gasteiger charge is 2.10. The van der Waals surface area contributed by atoms with Crippen molar-refractivity contribution in [1.29, 1.82) is 0 Å². The predicted octanol–water partition coefficient (Wildman–Crippen LogP) is 1.94. The van der Waals surface area contributed by atoms with E-state index in [0.717, 1.165) is 0 Å². The number of hydrogen-bond acceptors (Lipinski definition) is 3. The summed E-state index contributed by atoms with van der Waals surface area (Å²) in [6, 6.07) is 6.64. The summed E-state index contributed by atoms with van der Waals surface area (Å²) in [6.45, 7) is 0.339.